The zero-order valence-electron chi connectivity index (χ0n) is 13.0. The average molecular weight is 264 g/mol. The molecular formula is C17H32N2. The molecule has 3 fully saturated rings. The van der Waals surface area contributed by atoms with E-state index in [2.05, 4.69) is 25.8 Å². The van der Waals surface area contributed by atoms with Crippen molar-refractivity contribution in [3.8, 4) is 0 Å². The first-order valence-corrected chi connectivity index (χ1v) is 8.53. The largest absolute Gasteiger partial charge is 0.327 e. The van der Waals surface area contributed by atoms with Gasteiger partial charge in [0.25, 0.3) is 0 Å². The van der Waals surface area contributed by atoms with Crippen LogP contribution in [0, 0.1) is 23.7 Å². The molecule has 2 N–H and O–H groups in total. The first kappa shape index (κ1) is 13.9. The summed E-state index contributed by atoms with van der Waals surface area (Å²) in [7, 11) is 2.33. The van der Waals surface area contributed by atoms with Crippen molar-refractivity contribution in [2.24, 2.45) is 29.4 Å². The molecule has 3 aliphatic rings. The maximum atomic E-state index is 6.71. The van der Waals surface area contributed by atoms with Crippen LogP contribution in [0.1, 0.15) is 58.8 Å². The normalized spacial score (nSPS) is 49.3. The smallest absolute Gasteiger partial charge is 0.00989 e. The first-order chi connectivity index (χ1) is 9.06. The Morgan fingerprint density at radius 1 is 0.842 bits per heavy atom. The summed E-state index contributed by atoms with van der Waals surface area (Å²) < 4.78 is 0. The van der Waals surface area contributed by atoms with E-state index in [1.807, 2.05) is 0 Å². The quantitative estimate of drug-likeness (QED) is 0.829. The average Bonchev–Trinajstić information content (AvgIpc) is 2.64. The Morgan fingerprint density at radius 3 is 2.05 bits per heavy atom. The van der Waals surface area contributed by atoms with Gasteiger partial charge in [-0.15, -0.1) is 0 Å². The summed E-state index contributed by atoms with van der Waals surface area (Å²) in [4.78, 5) is 2.63. The van der Waals surface area contributed by atoms with Crippen molar-refractivity contribution in [2.45, 2.75) is 76.9 Å². The third-order valence-corrected chi connectivity index (χ3v) is 6.86. The SMILES string of the molecule is CC1CCC(C(N)C2CC3CCC(C2)N3C)CC1C. The van der Waals surface area contributed by atoms with Crippen LogP contribution in [0.4, 0.5) is 0 Å². The third-order valence-electron chi connectivity index (χ3n) is 6.86. The molecule has 2 heteroatoms. The summed E-state index contributed by atoms with van der Waals surface area (Å²) in [5.74, 6) is 3.41. The second-order valence-corrected chi connectivity index (χ2v) is 7.89. The Bertz CT molecular complexity index is 302. The van der Waals surface area contributed by atoms with E-state index in [1.165, 1.54) is 44.9 Å². The molecule has 2 heterocycles. The van der Waals surface area contributed by atoms with Crippen LogP contribution in [0.2, 0.25) is 0 Å². The van der Waals surface area contributed by atoms with E-state index in [1.54, 1.807) is 0 Å². The minimum Gasteiger partial charge on any atom is -0.327 e. The van der Waals surface area contributed by atoms with Gasteiger partial charge in [0.2, 0.25) is 0 Å². The minimum absolute atomic E-state index is 0.478. The second kappa shape index (κ2) is 5.37. The minimum atomic E-state index is 0.478. The van der Waals surface area contributed by atoms with Gasteiger partial charge in [0.1, 0.15) is 0 Å². The lowest BCUT2D eigenvalue weighted by Crippen LogP contribution is -2.48. The number of piperidine rings is 1. The summed E-state index contributed by atoms with van der Waals surface area (Å²) in [6.07, 6.45) is 9.74. The van der Waals surface area contributed by atoms with Crippen LogP contribution in [0.15, 0.2) is 0 Å². The molecule has 2 bridgehead atoms. The highest BCUT2D eigenvalue weighted by atomic mass is 15.2. The second-order valence-electron chi connectivity index (χ2n) is 7.89. The van der Waals surface area contributed by atoms with E-state index in [4.69, 9.17) is 5.73 Å². The molecule has 110 valence electrons. The maximum absolute atomic E-state index is 6.71. The fraction of sp³-hybridized carbons (Fsp3) is 1.00. The predicted octanol–water partition coefficient (Wildman–Crippen LogP) is 3.26. The number of rotatable bonds is 2. The zero-order chi connectivity index (χ0) is 13.6. The lowest BCUT2D eigenvalue weighted by atomic mass is 9.69. The van der Waals surface area contributed by atoms with Crippen molar-refractivity contribution in [1.82, 2.24) is 4.90 Å². The van der Waals surface area contributed by atoms with Crippen molar-refractivity contribution in [3.05, 3.63) is 0 Å². The monoisotopic (exact) mass is 264 g/mol. The molecule has 0 radical (unpaired) electrons. The summed E-state index contributed by atoms with van der Waals surface area (Å²) in [6.45, 7) is 4.85. The molecule has 2 saturated heterocycles. The Hall–Kier alpha value is -0.0800. The summed E-state index contributed by atoms with van der Waals surface area (Å²) in [5, 5.41) is 0. The van der Waals surface area contributed by atoms with Crippen LogP contribution in [0.25, 0.3) is 0 Å². The zero-order valence-corrected chi connectivity index (χ0v) is 13.0. The molecule has 0 aromatic carbocycles. The maximum Gasteiger partial charge on any atom is 0.00989 e. The molecule has 1 aliphatic carbocycles. The highest BCUT2D eigenvalue weighted by molar-refractivity contribution is 4.98. The van der Waals surface area contributed by atoms with E-state index in [0.717, 1.165) is 35.8 Å². The molecule has 0 amide bonds. The molecule has 6 unspecified atom stereocenters. The van der Waals surface area contributed by atoms with Gasteiger partial charge in [0.15, 0.2) is 0 Å². The lowest BCUT2D eigenvalue weighted by molar-refractivity contribution is 0.0863. The molecule has 3 rings (SSSR count). The van der Waals surface area contributed by atoms with Crippen molar-refractivity contribution in [2.75, 3.05) is 7.05 Å². The van der Waals surface area contributed by atoms with E-state index in [0.29, 0.717) is 6.04 Å². The van der Waals surface area contributed by atoms with Crippen LogP contribution in [0.3, 0.4) is 0 Å². The number of hydrogen-bond acceptors (Lipinski definition) is 2. The summed E-state index contributed by atoms with van der Waals surface area (Å²) in [5.41, 5.74) is 6.71. The molecule has 0 spiro atoms. The van der Waals surface area contributed by atoms with Crippen LogP contribution < -0.4 is 5.73 Å². The van der Waals surface area contributed by atoms with Gasteiger partial charge in [-0.2, -0.15) is 0 Å². The molecule has 19 heavy (non-hydrogen) atoms. The molecule has 6 atom stereocenters. The Kier molecular flexibility index (Phi) is 3.92. The topological polar surface area (TPSA) is 29.3 Å². The van der Waals surface area contributed by atoms with Gasteiger partial charge in [-0.3, -0.25) is 0 Å². The van der Waals surface area contributed by atoms with Crippen molar-refractivity contribution >= 4 is 0 Å². The standard InChI is InChI=1S/C17H32N2/c1-11-4-5-13(8-12(11)2)17(18)14-9-15-6-7-16(10-14)19(15)3/h11-17H,4-10,18H2,1-3H3. The Labute approximate surface area is 119 Å². The number of nitrogens with two attached hydrogens (primary N) is 1. The van der Waals surface area contributed by atoms with Crippen LogP contribution in [-0.2, 0) is 0 Å². The van der Waals surface area contributed by atoms with Crippen molar-refractivity contribution in [3.63, 3.8) is 0 Å². The van der Waals surface area contributed by atoms with Gasteiger partial charge in [0, 0.05) is 18.1 Å². The van der Waals surface area contributed by atoms with Gasteiger partial charge in [0.05, 0.1) is 0 Å². The lowest BCUT2D eigenvalue weighted by Gasteiger charge is -2.43. The van der Waals surface area contributed by atoms with Gasteiger partial charge in [-0.1, -0.05) is 20.3 Å². The fourth-order valence-electron chi connectivity index (χ4n) is 5.09. The predicted molar refractivity (Wildman–Crippen MR) is 80.9 cm³/mol. The van der Waals surface area contributed by atoms with E-state index >= 15 is 0 Å². The molecule has 2 aliphatic heterocycles. The van der Waals surface area contributed by atoms with Gasteiger partial charge < -0.3 is 10.6 Å². The van der Waals surface area contributed by atoms with Gasteiger partial charge in [-0.05, 0) is 69.2 Å². The van der Waals surface area contributed by atoms with Crippen molar-refractivity contribution < 1.29 is 0 Å². The van der Waals surface area contributed by atoms with Gasteiger partial charge in [-0.25, -0.2) is 0 Å². The third kappa shape index (κ3) is 2.58. The summed E-state index contributed by atoms with van der Waals surface area (Å²) in [6, 6.07) is 2.16. The molecular weight excluding hydrogens is 232 g/mol. The molecule has 0 aromatic heterocycles. The van der Waals surface area contributed by atoms with E-state index in [9.17, 15) is 0 Å². The van der Waals surface area contributed by atoms with E-state index < -0.39 is 0 Å². The van der Waals surface area contributed by atoms with Crippen LogP contribution >= 0.6 is 0 Å². The molecule has 2 nitrogen and oxygen atoms in total. The first-order valence-electron chi connectivity index (χ1n) is 8.53. The number of nitrogens with zero attached hydrogens (tertiary/aromatic N) is 1. The Balaban J connectivity index is 1.60. The Morgan fingerprint density at radius 2 is 1.47 bits per heavy atom. The van der Waals surface area contributed by atoms with Crippen molar-refractivity contribution in [1.29, 1.82) is 0 Å². The molecule has 1 saturated carbocycles. The summed E-state index contributed by atoms with van der Waals surface area (Å²) >= 11 is 0. The van der Waals surface area contributed by atoms with Gasteiger partial charge >= 0.3 is 0 Å². The number of fused-ring (bicyclic) bond motifs is 2. The fourth-order valence-corrected chi connectivity index (χ4v) is 5.09. The highest BCUT2D eigenvalue weighted by Gasteiger charge is 2.42. The highest BCUT2D eigenvalue weighted by Crippen LogP contribution is 2.42. The van der Waals surface area contributed by atoms with Crippen LogP contribution in [-0.4, -0.2) is 30.1 Å². The molecule has 0 aromatic rings. The van der Waals surface area contributed by atoms with E-state index in [-0.39, 0.29) is 0 Å². The number of hydrogen-bond donors (Lipinski definition) is 1. The van der Waals surface area contributed by atoms with Crippen LogP contribution in [0.5, 0.6) is 0 Å².